The van der Waals surface area contributed by atoms with Crippen LogP contribution >= 0.6 is 0 Å². The van der Waals surface area contributed by atoms with Gasteiger partial charge in [0.2, 0.25) is 11.8 Å². The van der Waals surface area contributed by atoms with Crippen molar-refractivity contribution < 1.29 is 27.1 Å². The molecule has 0 aromatic heterocycles. The van der Waals surface area contributed by atoms with Crippen LogP contribution in [0.25, 0.3) is 0 Å². The number of amides is 2. The first-order valence-corrected chi connectivity index (χ1v) is 13.5. The lowest BCUT2D eigenvalue weighted by atomic mass is 10.1. The molecular weight excluding hydrogens is 499 g/mol. The molecule has 0 spiro atoms. The average molecular weight is 537 g/mol. The number of rotatable bonds is 13. The van der Waals surface area contributed by atoms with E-state index < -0.39 is 34.5 Å². The molecule has 0 aliphatic rings. The molecule has 204 valence electrons. The second kappa shape index (κ2) is 13.4. The molecule has 11 heteroatoms. The molecule has 0 aliphatic heterocycles. The molecule has 2 aromatic rings. The number of anilines is 1. The van der Waals surface area contributed by atoms with Gasteiger partial charge in [-0.3, -0.25) is 9.59 Å². The third kappa shape index (κ3) is 7.65. The Kier molecular flexibility index (Phi) is 10.9. The number of hydrogen-bond donors (Lipinski definition) is 1. The number of para-hydroxylation sites is 1. The molecule has 1 N–H and O–H groups in total. The topological polar surface area (TPSA) is 99.3 Å². The molecule has 2 atom stereocenters. The summed E-state index contributed by atoms with van der Waals surface area (Å²) in [6.07, 6.45) is 0.992. The van der Waals surface area contributed by atoms with E-state index in [1.54, 1.807) is 31.2 Å². The molecule has 0 bridgehead atoms. The van der Waals surface area contributed by atoms with E-state index in [9.17, 15) is 22.4 Å². The van der Waals surface area contributed by atoms with Crippen molar-refractivity contribution in [1.29, 1.82) is 0 Å². The van der Waals surface area contributed by atoms with Crippen molar-refractivity contribution in [3.05, 3.63) is 59.9 Å². The molecule has 37 heavy (non-hydrogen) atoms. The summed E-state index contributed by atoms with van der Waals surface area (Å²) in [5, 5.41) is 2.91. The van der Waals surface area contributed by atoms with E-state index in [1.807, 2.05) is 13.8 Å². The molecular formula is C26H37FN4O5S. The van der Waals surface area contributed by atoms with E-state index in [0.717, 1.165) is 14.7 Å². The summed E-state index contributed by atoms with van der Waals surface area (Å²) in [4.78, 5) is 28.3. The minimum absolute atomic E-state index is 0.0234. The van der Waals surface area contributed by atoms with Crippen LogP contribution in [0, 0.1) is 5.82 Å². The molecule has 2 aromatic carbocycles. The lowest BCUT2D eigenvalue weighted by Gasteiger charge is -2.34. The highest BCUT2D eigenvalue weighted by Gasteiger charge is 2.34. The molecule has 9 nitrogen and oxygen atoms in total. The van der Waals surface area contributed by atoms with Crippen LogP contribution < -0.4 is 14.4 Å². The Hall–Kier alpha value is -3.18. The van der Waals surface area contributed by atoms with Gasteiger partial charge < -0.3 is 15.0 Å². The van der Waals surface area contributed by atoms with Gasteiger partial charge in [-0.15, -0.1) is 0 Å². The Labute approximate surface area is 219 Å². The first-order valence-electron chi connectivity index (χ1n) is 12.1. The number of carbonyl (C=O) groups is 2. The lowest BCUT2D eigenvalue weighted by Crippen LogP contribution is -2.54. The Morgan fingerprint density at radius 1 is 1.05 bits per heavy atom. The predicted octanol–water partition coefficient (Wildman–Crippen LogP) is 3.17. The number of carbonyl (C=O) groups excluding carboxylic acids is 2. The number of halogens is 1. The second-order valence-corrected chi connectivity index (χ2v) is 10.9. The van der Waals surface area contributed by atoms with E-state index in [-0.39, 0.29) is 30.6 Å². The minimum Gasteiger partial charge on any atom is -0.497 e. The summed E-state index contributed by atoms with van der Waals surface area (Å²) in [6, 6.07) is 11.4. The number of nitrogens with one attached hydrogen (secondary N) is 1. The summed E-state index contributed by atoms with van der Waals surface area (Å²) in [6.45, 7) is 4.90. The van der Waals surface area contributed by atoms with Crippen LogP contribution in [0.1, 0.15) is 39.2 Å². The van der Waals surface area contributed by atoms with Crippen molar-refractivity contribution in [2.24, 2.45) is 0 Å². The maximum atomic E-state index is 14.7. The number of hydrogen-bond acceptors (Lipinski definition) is 5. The van der Waals surface area contributed by atoms with Crippen LogP contribution in [0.3, 0.4) is 0 Å². The zero-order valence-electron chi connectivity index (χ0n) is 22.3. The second-order valence-electron chi connectivity index (χ2n) is 8.86. The maximum Gasteiger partial charge on any atom is 0.304 e. The van der Waals surface area contributed by atoms with Gasteiger partial charge in [0.05, 0.1) is 12.8 Å². The Balaban J connectivity index is 2.54. The zero-order valence-corrected chi connectivity index (χ0v) is 23.1. The largest absolute Gasteiger partial charge is 0.497 e. The zero-order chi connectivity index (χ0) is 27.8. The Bertz CT molecular complexity index is 1180. The van der Waals surface area contributed by atoms with E-state index >= 15 is 0 Å². The SMILES string of the molecule is CC[C@H](C(=O)N[C@@H](C)CC)N(Cc1cccc(OC)c1)C(=O)CN(c1ccccc1F)S(=O)(=O)N(C)C. The van der Waals surface area contributed by atoms with Crippen LogP contribution in [0.5, 0.6) is 5.75 Å². The fourth-order valence-corrected chi connectivity index (χ4v) is 4.75. The molecule has 2 rings (SSSR count). The lowest BCUT2D eigenvalue weighted by molar-refractivity contribution is -0.140. The van der Waals surface area contributed by atoms with Gasteiger partial charge in [-0.25, -0.2) is 8.70 Å². The van der Waals surface area contributed by atoms with Crippen LogP contribution in [-0.4, -0.2) is 69.3 Å². The van der Waals surface area contributed by atoms with Gasteiger partial charge in [-0.2, -0.15) is 12.7 Å². The molecule has 0 aliphatic carbocycles. The maximum absolute atomic E-state index is 14.7. The molecule has 2 amide bonds. The van der Waals surface area contributed by atoms with Crippen molar-refractivity contribution in [2.75, 3.05) is 32.1 Å². The van der Waals surface area contributed by atoms with Crippen molar-refractivity contribution in [3.63, 3.8) is 0 Å². The Morgan fingerprint density at radius 2 is 1.73 bits per heavy atom. The van der Waals surface area contributed by atoms with E-state index in [2.05, 4.69) is 5.32 Å². The van der Waals surface area contributed by atoms with Gasteiger partial charge in [0.15, 0.2) is 0 Å². The van der Waals surface area contributed by atoms with Gasteiger partial charge in [0.25, 0.3) is 0 Å². The molecule has 0 unspecified atom stereocenters. The number of ether oxygens (including phenoxy) is 1. The molecule has 0 heterocycles. The van der Waals surface area contributed by atoms with Crippen LogP contribution in [-0.2, 0) is 26.3 Å². The first kappa shape index (κ1) is 30.0. The highest BCUT2D eigenvalue weighted by atomic mass is 32.2. The third-order valence-corrected chi connectivity index (χ3v) is 7.82. The normalized spacial score (nSPS) is 13.1. The highest BCUT2D eigenvalue weighted by Crippen LogP contribution is 2.24. The number of methoxy groups -OCH3 is 1. The van der Waals surface area contributed by atoms with Crippen molar-refractivity contribution in [1.82, 2.24) is 14.5 Å². The van der Waals surface area contributed by atoms with Gasteiger partial charge >= 0.3 is 10.2 Å². The Morgan fingerprint density at radius 3 is 2.30 bits per heavy atom. The summed E-state index contributed by atoms with van der Waals surface area (Å²) in [7, 11) is -0.118. The molecule has 0 saturated carbocycles. The molecule has 0 radical (unpaired) electrons. The third-order valence-electron chi connectivity index (χ3n) is 6.01. The van der Waals surface area contributed by atoms with E-state index in [0.29, 0.717) is 17.7 Å². The summed E-state index contributed by atoms with van der Waals surface area (Å²) in [5.41, 5.74) is 0.429. The summed E-state index contributed by atoms with van der Waals surface area (Å²) < 4.78 is 48.0. The minimum atomic E-state index is -4.24. The quantitative estimate of drug-likeness (QED) is 0.424. The standard InChI is InChI=1S/C26H37FN4O5S/c1-7-19(3)28-26(33)23(8-2)30(17-20-12-11-13-21(16-20)36-6)25(32)18-31(37(34,35)29(4)5)24-15-10-9-14-22(24)27/h9-16,19,23H,7-8,17-18H2,1-6H3,(H,28,33)/t19-,23+/m0/s1. The molecule has 0 saturated heterocycles. The highest BCUT2D eigenvalue weighted by molar-refractivity contribution is 7.90. The van der Waals surface area contributed by atoms with Crippen molar-refractivity contribution in [2.45, 2.75) is 52.2 Å². The summed E-state index contributed by atoms with van der Waals surface area (Å²) >= 11 is 0. The monoisotopic (exact) mass is 536 g/mol. The molecule has 0 fully saturated rings. The van der Waals surface area contributed by atoms with Gasteiger partial charge in [0.1, 0.15) is 24.2 Å². The summed E-state index contributed by atoms with van der Waals surface area (Å²) in [5.74, 6) is -1.21. The van der Waals surface area contributed by atoms with Crippen LogP contribution in [0.2, 0.25) is 0 Å². The van der Waals surface area contributed by atoms with Crippen LogP contribution in [0.4, 0.5) is 10.1 Å². The van der Waals surface area contributed by atoms with Gasteiger partial charge in [-0.1, -0.05) is 38.1 Å². The van der Waals surface area contributed by atoms with Gasteiger partial charge in [0, 0.05) is 26.7 Å². The first-order chi connectivity index (χ1) is 17.5. The number of nitrogens with zero attached hydrogens (tertiary/aromatic N) is 3. The van der Waals surface area contributed by atoms with E-state index in [1.165, 1.54) is 44.3 Å². The smallest absolute Gasteiger partial charge is 0.304 e. The van der Waals surface area contributed by atoms with Crippen LogP contribution in [0.15, 0.2) is 48.5 Å². The van der Waals surface area contributed by atoms with E-state index in [4.69, 9.17) is 4.74 Å². The fourth-order valence-electron chi connectivity index (χ4n) is 3.68. The average Bonchev–Trinajstić information content (AvgIpc) is 2.87. The predicted molar refractivity (Wildman–Crippen MR) is 142 cm³/mol. The van der Waals surface area contributed by atoms with Crippen molar-refractivity contribution in [3.8, 4) is 5.75 Å². The fraction of sp³-hybridized carbons (Fsp3) is 0.462. The number of benzene rings is 2. The van der Waals surface area contributed by atoms with Crippen molar-refractivity contribution >= 4 is 27.7 Å². The van der Waals surface area contributed by atoms with Gasteiger partial charge in [-0.05, 0) is 49.6 Å².